The van der Waals surface area contributed by atoms with Crippen LogP contribution < -0.4 is 15.8 Å². The van der Waals surface area contributed by atoms with Crippen LogP contribution in [0.4, 0.5) is 11.4 Å². The molecule has 0 amide bonds. The quantitative estimate of drug-likeness (QED) is 0.705. The van der Waals surface area contributed by atoms with Gasteiger partial charge in [0, 0.05) is 22.8 Å². The molecule has 1 aliphatic heterocycles. The van der Waals surface area contributed by atoms with Crippen molar-refractivity contribution in [1.29, 1.82) is 0 Å². The predicted molar refractivity (Wildman–Crippen MR) is 84.5 cm³/mol. The number of nitrogens with two attached hydrogens (primary N) is 1. The molecule has 4 heteroatoms. The Bertz CT molecular complexity index is 816. The number of benzene rings is 2. The number of ether oxygens (including phenoxy) is 1. The van der Waals surface area contributed by atoms with Crippen LogP contribution in [-0.2, 0) is 0 Å². The molecule has 0 aliphatic carbocycles. The molecule has 0 radical (unpaired) electrons. The molecule has 0 saturated heterocycles. The van der Waals surface area contributed by atoms with E-state index >= 15 is 0 Å². The summed E-state index contributed by atoms with van der Waals surface area (Å²) in [7, 11) is 0. The molecule has 1 atom stereocenters. The summed E-state index contributed by atoms with van der Waals surface area (Å²) < 4.78 is 5.72. The van der Waals surface area contributed by atoms with Crippen LogP contribution in [0.5, 0.6) is 5.75 Å². The van der Waals surface area contributed by atoms with E-state index in [1.807, 2.05) is 42.5 Å². The molecule has 2 aromatic carbocycles. The molecule has 1 aromatic heterocycles. The molecule has 2 heterocycles. The van der Waals surface area contributed by atoms with Gasteiger partial charge in [-0.1, -0.05) is 18.2 Å². The van der Waals surface area contributed by atoms with Gasteiger partial charge in [0.1, 0.15) is 12.4 Å². The average Bonchev–Trinajstić information content (AvgIpc) is 2.94. The van der Waals surface area contributed by atoms with Crippen molar-refractivity contribution in [3.63, 3.8) is 0 Å². The summed E-state index contributed by atoms with van der Waals surface area (Å²) >= 11 is 0. The van der Waals surface area contributed by atoms with Crippen molar-refractivity contribution in [3.8, 4) is 5.75 Å². The lowest BCUT2D eigenvalue weighted by atomic mass is 10.1. The van der Waals surface area contributed by atoms with Gasteiger partial charge in [-0.25, -0.2) is 0 Å². The molecule has 0 spiro atoms. The summed E-state index contributed by atoms with van der Waals surface area (Å²) in [6, 6.07) is 16.1. The van der Waals surface area contributed by atoms with Crippen LogP contribution in [0.3, 0.4) is 0 Å². The first-order valence-corrected chi connectivity index (χ1v) is 6.94. The third kappa shape index (κ3) is 1.96. The highest BCUT2D eigenvalue weighted by Crippen LogP contribution is 2.36. The predicted octanol–water partition coefficient (Wildman–Crippen LogP) is 3.36. The van der Waals surface area contributed by atoms with Gasteiger partial charge < -0.3 is 15.8 Å². The highest BCUT2D eigenvalue weighted by Gasteiger charge is 2.23. The van der Waals surface area contributed by atoms with Crippen molar-refractivity contribution < 1.29 is 4.74 Å². The summed E-state index contributed by atoms with van der Waals surface area (Å²) in [5.74, 6) is 0.952. The van der Waals surface area contributed by atoms with Crippen molar-refractivity contribution in [2.45, 2.75) is 6.04 Å². The number of nitrogens with one attached hydrogen (secondary N) is 1. The first kappa shape index (κ1) is 12.0. The van der Waals surface area contributed by atoms with Gasteiger partial charge in [-0.05, 0) is 30.3 Å². The fourth-order valence-corrected chi connectivity index (χ4v) is 2.79. The second-order valence-corrected chi connectivity index (χ2v) is 5.15. The van der Waals surface area contributed by atoms with E-state index < -0.39 is 0 Å². The molecule has 0 bridgehead atoms. The SMILES string of the molecule is Nc1ccc(NC2COc3ccccc32)c2cccnc12. The van der Waals surface area contributed by atoms with Gasteiger partial charge in [0.2, 0.25) is 0 Å². The number of nitrogens with zero attached hydrogens (tertiary/aromatic N) is 1. The van der Waals surface area contributed by atoms with Gasteiger partial charge >= 0.3 is 0 Å². The number of pyridine rings is 1. The lowest BCUT2D eigenvalue weighted by molar-refractivity contribution is 0.340. The zero-order valence-electron chi connectivity index (χ0n) is 11.4. The Hall–Kier alpha value is -2.75. The van der Waals surface area contributed by atoms with E-state index in [1.54, 1.807) is 6.20 Å². The van der Waals surface area contributed by atoms with E-state index in [9.17, 15) is 0 Å². The maximum absolute atomic E-state index is 5.99. The maximum atomic E-state index is 5.99. The zero-order valence-corrected chi connectivity index (χ0v) is 11.4. The van der Waals surface area contributed by atoms with E-state index in [4.69, 9.17) is 10.5 Å². The smallest absolute Gasteiger partial charge is 0.124 e. The van der Waals surface area contributed by atoms with Gasteiger partial charge in [0.15, 0.2) is 0 Å². The highest BCUT2D eigenvalue weighted by atomic mass is 16.5. The standard InChI is InChI=1S/C17H15N3O/c18-13-7-8-14(12-5-3-9-19-17(12)13)20-15-10-21-16-6-2-1-4-11(15)16/h1-9,15,20H,10,18H2. The fourth-order valence-electron chi connectivity index (χ4n) is 2.79. The first-order chi connectivity index (χ1) is 10.3. The molecular formula is C17H15N3O. The summed E-state index contributed by atoms with van der Waals surface area (Å²) in [5, 5.41) is 4.58. The monoisotopic (exact) mass is 277 g/mol. The van der Waals surface area contributed by atoms with Crippen molar-refractivity contribution in [2.24, 2.45) is 0 Å². The molecule has 104 valence electrons. The Kier molecular flexibility index (Phi) is 2.67. The molecular weight excluding hydrogens is 262 g/mol. The molecule has 1 aliphatic rings. The molecule has 0 saturated carbocycles. The van der Waals surface area contributed by atoms with Crippen LogP contribution in [0.2, 0.25) is 0 Å². The summed E-state index contributed by atoms with van der Waals surface area (Å²) in [6.07, 6.45) is 1.76. The highest BCUT2D eigenvalue weighted by molar-refractivity contribution is 5.98. The van der Waals surface area contributed by atoms with E-state index in [0.717, 1.165) is 22.3 Å². The summed E-state index contributed by atoms with van der Waals surface area (Å²) in [4.78, 5) is 4.36. The van der Waals surface area contributed by atoms with Crippen LogP contribution in [0.25, 0.3) is 10.9 Å². The van der Waals surface area contributed by atoms with Crippen LogP contribution in [0.1, 0.15) is 11.6 Å². The Morgan fingerprint density at radius 2 is 2.00 bits per heavy atom. The topological polar surface area (TPSA) is 60.2 Å². The summed E-state index contributed by atoms with van der Waals surface area (Å²) in [5.41, 5.74) is 9.73. The van der Waals surface area contributed by atoms with E-state index in [-0.39, 0.29) is 6.04 Å². The van der Waals surface area contributed by atoms with Crippen molar-refractivity contribution in [3.05, 3.63) is 60.3 Å². The van der Waals surface area contributed by atoms with Gasteiger partial charge in [0.05, 0.1) is 17.2 Å². The number of nitrogen functional groups attached to an aromatic ring is 1. The lowest BCUT2D eigenvalue weighted by Crippen LogP contribution is -2.12. The third-order valence-corrected chi connectivity index (χ3v) is 3.83. The molecule has 4 rings (SSSR count). The minimum Gasteiger partial charge on any atom is -0.491 e. The molecule has 3 N–H and O–H groups in total. The minimum absolute atomic E-state index is 0.147. The number of hydrogen-bond donors (Lipinski definition) is 2. The average molecular weight is 277 g/mol. The molecule has 0 fully saturated rings. The normalized spacial score (nSPS) is 16.5. The first-order valence-electron chi connectivity index (χ1n) is 6.94. The van der Waals surface area contributed by atoms with Crippen LogP contribution in [0.15, 0.2) is 54.7 Å². The summed E-state index contributed by atoms with van der Waals surface area (Å²) in [6.45, 7) is 0.630. The third-order valence-electron chi connectivity index (χ3n) is 3.83. The number of aromatic nitrogens is 1. The van der Waals surface area contributed by atoms with Gasteiger partial charge in [-0.15, -0.1) is 0 Å². The zero-order chi connectivity index (χ0) is 14.2. The van der Waals surface area contributed by atoms with Crippen LogP contribution >= 0.6 is 0 Å². The Balaban J connectivity index is 1.75. The molecule has 3 aromatic rings. The second kappa shape index (κ2) is 4.66. The van der Waals surface area contributed by atoms with Gasteiger partial charge in [-0.2, -0.15) is 0 Å². The van der Waals surface area contributed by atoms with Crippen molar-refractivity contribution >= 4 is 22.3 Å². The fraction of sp³-hybridized carbons (Fsp3) is 0.118. The van der Waals surface area contributed by atoms with E-state index in [1.165, 1.54) is 5.56 Å². The number of fused-ring (bicyclic) bond motifs is 2. The number of rotatable bonds is 2. The number of anilines is 2. The maximum Gasteiger partial charge on any atom is 0.124 e. The van der Waals surface area contributed by atoms with E-state index in [2.05, 4.69) is 16.4 Å². The molecule has 21 heavy (non-hydrogen) atoms. The van der Waals surface area contributed by atoms with Crippen LogP contribution in [0, 0.1) is 0 Å². The minimum atomic E-state index is 0.147. The van der Waals surface area contributed by atoms with Crippen LogP contribution in [-0.4, -0.2) is 11.6 Å². The number of para-hydroxylation sites is 1. The lowest BCUT2D eigenvalue weighted by Gasteiger charge is -2.15. The number of hydrogen-bond acceptors (Lipinski definition) is 4. The molecule has 4 nitrogen and oxygen atoms in total. The van der Waals surface area contributed by atoms with Gasteiger partial charge in [0.25, 0.3) is 0 Å². The Morgan fingerprint density at radius 1 is 1.10 bits per heavy atom. The largest absolute Gasteiger partial charge is 0.491 e. The van der Waals surface area contributed by atoms with E-state index in [0.29, 0.717) is 12.3 Å². The van der Waals surface area contributed by atoms with Gasteiger partial charge in [-0.3, -0.25) is 4.98 Å². The van der Waals surface area contributed by atoms with Crippen molar-refractivity contribution in [1.82, 2.24) is 4.98 Å². The Morgan fingerprint density at radius 3 is 2.95 bits per heavy atom. The Labute approximate surface area is 122 Å². The second-order valence-electron chi connectivity index (χ2n) is 5.15. The van der Waals surface area contributed by atoms with Crippen molar-refractivity contribution in [2.75, 3.05) is 17.7 Å². The molecule has 1 unspecified atom stereocenters.